The zero-order chi connectivity index (χ0) is 26.1. The summed E-state index contributed by atoms with van der Waals surface area (Å²) in [4.78, 5) is 35.3. The molecule has 0 radical (unpaired) electrons. The van der Waals surface area contributed by atoms with Crippen LogP contribution in [0, 0.1) is 17.0 Å². The summed E-state index contributed by atoms with van der Waals surface area (Å²) in [5, 5.41) is 25.8. The molecule has 36 heavy (non-hydrogen) atoms. The highest BCUT2D eigenvalue weighted by atomic mass is 35.5. The Balaban J connectivity index is 1.59. The second-order valence-electron chi connectivity index (χ2n) is 7.47. The molecular formula is C24H23ClN6O4S. The molecule has 0 aliphatic rings. The lowest BCUT2D eigenvalue weighted by Gasteiger charge is -2.09. The molecule has 0 unspecified atom stereocenters. The summed E-state index contributed by atoms with van der Waals surface area (Å²) in [7, 11) is 0. The Labute approximate surface area is 216 Å². The molecular weight excluding hydrogens is 504 g/mol. The van der Waals surface area contributed by atoms with Crippen LogP contribution in [-0.4, -0.2) is 37.3 Å². The Morgan fingerprint density at radius 3 is 2.75 bits per heavy atom. The topological polar surface area (TPSA) is 132 Å². The van der Waals surface area contributed by atoms with Crippen molar-refractivity contribution >= 4 is 52.6 Å². The molecule has 1 aromatic heterocycles. The minimum atomic E-state index is -0.496. The van der Waals surface area contributed by atoms with Crippen molar-refractivity contribution in [3.05, 3.63) is 93.3 Å². The van der Waals surface area contributed by atoms with Crippen molar-refractivity contribution < 1.29 is 14.5 Å². The fourth-order valence-corrected chi connectivity index (χ4v) is 4.05. The number of aromatic nitrogens is 3. The van der Waals surface area contributed by atoms with Gasteiger partial charge in [0.2, 0.25) is 11.8 Å². The molecule has 0 saturated heterocycles. The van der Waals surface area contributed by atoms with E-state index in [1.165, 1.54) is 12.1 Å². The monoisotopic (exact) mass is 526 g/mol. The van der Waals surface area contributed by atoms with Gasteiger partial charge >= 0.3 is 0 Å². The van der Waals surface area contributed by atoms with E-state index in [1.54, 1.807) is 54.0 Å². The molecule has 12 heteroatoms. The minimum Gasteiger partial charge on any atom is -0.345 e. The van der Waals surface area contributed by atoms with Crippen molar-refractivity contribution in [3.63, 3.8) is 0 Å². The van der Waals surface area contributed by atoms with E-state index in [9.17, 15) is 19.7 Å². The van der Waals surface area contributed by atoms with E-state index < -0.39 is 4.92 Å². The second-order valence-corrected chi connectivity index (χ2v) is 8.82. The molecule has 0 fully saturated rings. The van der Waals surface area contributed by atoms with Gasteiger partial charge in [-0.05, 0) is 30.7 Å². The molecule has 10 nitrogen and oxygen atoms in total. The molecule has 0 bridgehead atoms. The highest BCUT2D eigenvalue weighted by molar-refractivity contribution is 7.99. The number of carbonyl (C=O) groups excluding carboxylic acids is 2. The zero-order valence-electron chi connectivity index (χ0n) is 19.3. The summed E-state index contributed by atoms with van der Waals surface area (Å²) in [5.41, 5.74) is 1.49. The van der Waals surface area contributed by atoms with Crippen LogP contribution in [0.2, 0.25) is 5.02 Å². The normalized spacial score (nSPS) is 10.8. The summed E-state index contributed by atoms with van der Waals surface area (Å²) in [6.45, 7) is 5.85. The number of rotatable bonds is 11. The first-order chi connectivity index (χ1) is 17.3. The van der Waals surface area contributed by atoms with Gasteiger partial charge in [-0.15, -0.1) is 16.8 Å². The Hall–Kier alpha value is -3.96. The van der Waals surface area contributed by atoms with Gasteiger partial charge in [0.15, 0.2) is 11.0 Å². The van der Waals surface area contributed by atoms with Gasteiger partial charge in [0.1, 0.15) is 0 Å². The van der Waals surface area contributed by atoms with Crippen molar-refractivity contribution in [2.75, 3.05) is 11.1 Å². The quantitative estimate of drug-likeness (QED) is 0.124. The average Bonchev–Trinajstić information content (AvgIpc) is 3.23. The third-order valence-electron chi connectivity index (χ3n) is 4.87. The number of aryl methyl sites for hydroxylation is 1. The molecule has 3 rings (SSSR count). The van der Waals surface area contributed by atoms with Gasteiger partial charge in [-0.1, -0.05) is 53.7 Å². The first-order valence-corrected chi connectivity index (χ1v) is 12.1. The Morgan fingerprint density at radius 1 is 1.25 bits per heavy atom. The van der Waals surface area contributed by atoms with E-state index in [2.05, 4.69) is 27.4 Å². The first-order valence-electron chi connectivity index (χ1n) is 10.7. The lowest BCUT2D eigenvalue weighted by molar-refractivity contribution is -0.385. The van der Waals surface area contributed by atoms with Gasteiger partial charge < -0.3 is 15.2 Å². The molecule has 1 heterocycles. The highest BCUT2D eigenvalue weighted by Gasteiger charge is 2.16. The Kier molecular flexibility index (Phi) is 9.37. The van der Waals surface area contributed by atoms with E-state index in [1.807, 2.05) is 6.07 Å². The minimum absolute atomic E-state index is 0.00385. The van der Waals surface area contributed by atoms with Crippen LogP contribution in [0.3, 0.4) is 0 Å². The largest absolute Gasteiger partial charge is 0.345 e. The number of halogens is 1. The van der Waals surface area contributed by atoms with Gasteiger partial charge in [-0.25, -0.2) is 0 Å². The summed E-state index contributed by atoms with van der Waals surface area (Å²) >= 11 is 7.24. The third kappa shape index (κ3) is 7.27. The van der Waals surface area contributed by atoms with Crippen LogP contribution in [0.5, 0.6) is 0 Å². The summed E-state index contributed by atoms with van der Waals surface area (Å²) in [6, 6.07) is 11.7. The van der Waals surface area contributed by atoms with Gasteiger partial charge in [-0.2, -0.15) is 0 Å². The number of carbonyl (C=O) groups is 2. The number of nitro benzene ring substituents is 1. The Morgan fingerprint density at radius 2 is 2.03 bits per heavy atom. The molecule has 2 aromatic carbocycles. The maximum Gasteiger partial charge on any atom is 0.274 e. The molecule has 2 amide bonds. The number of allylic oxidation sites excluding steroid dienone is 1. The molecule has 0 atom stereocenters. The van der Waals surface area contributed by atoms with E-state index in [0.717, 1.165) is 17.3 Å². The fourth-order valence-electron chi connectivity index (χ4n) is 3.08. The molecule has 0 spiro atoms. The number of nitro groups is 1. The maximum absolute atomic E-state index is 12.4. The van der Waals surface area contributed by atoms with Crippen LogP contribution >= 0.6 is 23.4 Å². The molecule has 0 aliphatic carbocycles. The number of anilines is 1. The number of hydrogen-bond donors (Lipinski definition) is 2. The molecule has 3 aromatic rings. The van der Waals surface area contributed by atoms with E-state index in [4.69, 9.17) is 11.6 Å². The summed E-state index contributed by atoms with van der Waals surface area (Å²) in [6.07, 6.45) is 4.65. The van der Waals surface area contributed by atoms with Crippen molar-refractivity contribution in [2.45, 2.75) is 25.2 Å². The number of thioether (sulfide) groups is 1. The van der Waals surface area contributed by atoms with Crippen LogP contribution in [0.1, 0.15) is 17.0 Å². The second kappa shape index (κ2) is 12.7. The van der Waals surface area contributed by atoms with Gasteiger partial charge in [0.05, 0.1) is 17.2 Å². The van der Waals surface area contributed by atoms with Crippen LogP contribution in [0.15, 0.2) is 66.4 Å². The molecule has 2 N–H and O–H groups in total. The van der Waals surface area contributed by atoms with Crippen molar-refractivity contribution in [1.82, 2.24) is 20.1 Å². The van der Waals surface area contributed by atoms with Crippen LogP contribution in [0.25, 0.3) is 6.08 Å². The number of hydrogen-bond acceptors (Lipinski definition) is 7. The predicted octanol–water partition coefficient (Wildman–Crippen LogP) is 4.39. The standard InChI is InChI=1S/C24H23ClN6O4S/c1-3-12-30-21(14-26-22(32)11-9-17-6-4-5-7-19(17)25)28-29-24(30)36-15-23(33)27-18-10-8-16(2)20(13-18)31(34)35/h3-11,13H,1,12,14-15H2,2H3,(H,26,32)(H,27,33). The van der Waals surface area contributed by atoms with E-state index in [0.29, 0.717) is 33.8 Å². The first kappa shape index (κ1) is 26.6. The smallest absolute Gasteiger partial charge is 0.274 e. The van der Waals surface area contributed by atoms with E-state index in [-0.39, 0.29) is 29.8 Å². The Bertz CT molecular complexity index is 1320. The lowest BCUT2D eigenvalue weighted by Crippen LogP contribution is -2.23. The fraction of sp³-hybridized carbons (Fsp3) is 0.167. The zero-order valence-corrected chi connectivity index (χ0v) is 20.9. The van der Waals surface area contributed by atoms with Crippen molar-refractivity contribution in [3.8, 4) is 0 Å². The van der Waals surface area contributed by atoms with Crippen molar-refractivity contribution in [2.24, 2.45) is 0 Å². The number of amides is 2. The SMILES string of the molecule is C=CCn1c(CNC(=O)C=Cc2ccccc2Cl)nnc1SCC(=O)Nc1ccc(C)c([N+](=O)[O-])c1. The summed E-state index contributed by atoms with van der Waals surface area (Å²) < 4.78 is 1.74. The van der Waals surface area contributed by atoms with Crippen LogP contribution in [0.4, 0.5) is 11.4 Å². The maximum atomic E-state index is 12.4. The highest BCUT2D eigenvalue weighted by Crippen LogP contribution is 2.23. The van der Waals surface area contributed by atoms with Crippen LogP contribution in [-0.2, 0) is 22.7 Å². The third-order valence-corrected chi connectivity index (χ3v) is 6.18. The predicted molar refractivity (Wildman–Crippen MR) is 140 cm³/mol. The van der Waals surface area contributed by atoms with Gasteiger partial charge in [-0.3, -0.25) is 19.7 Å². The van der Waals surface area contributed by atoms with Crippen molar-refractivity contribution in [1.29, 1.82) is 0 Å². The summed E-state index contributed by atoms with van der Waals surface area (Å²) in [5.74, 6) is -0.190. The molecule has 186 valence electrons. The number of nitrogens with zero attached hydrogens (tertiary/aromatic N) is 4. The van der Waals surface area contributed by atoms with Crippen LogP contribution < -0.4 is 10.6 Å². The van der Waals surface area contributed by atoms with Gasteiger partial charge in [0, 0.05) is 35.0 Å². The molecule has 0 aliphatic heterocycles. The lowest BCUT2D eigenvalue weighted by atomic mass is 10.2. The van der Waals surface area contributed by atoms with E-state index >= 15 is 0 Å². The number of nitrogens with one attached hydrogen (secondary N) is 2. The number of benzene rings is 2. The van der Waals surface area contributed by atoms with Gasteiger partial charge in [0.25, 0.3) is 5.69 Å². The molecule has 0 saturated carbocycles. The average molecular weight is 527 g/mol.